The molecule has 0 radical (unpaired) electrons. The summed E-state index contributed by atoms with van der Waals surface area (Å²) in [6.07, 6.45) is 2.07. The standard InChI is InChI=1S/C13H19N3O3S/c1-10-4-7-20-11(10)9-15-16-13(18)8-12(17)14-5-3-6-19-2/h4,7,9H,3,5-6,8H2,1-2H3,(H,14,17)(H,16,18)/b15-9-. The van der Waals surface area contributed by atoms with Crippen LogP contribution in [0.4, 0.5) is 0 Å². The van der Waals surface area contributed by atoms with Crippen molar-refractivity contribution in [3.63, 3.8) is 0 Å². The number of amides is 2. The Morgan fingerprint density at radius 2 is 2.25 bits per heavy atom. The molecule has 1 rings (SSSR count). The highest BCUT2D eigenvalue weighted by Crippen LogP contribution is 2.12. The fourth-order valence-electron chi connectivity index (χ4n) is 1.37. The van der Waals surface area contributed by atoms with Crippen LogP contribution < -0.4 is 10.7 Å². The summed E-state index contributed by atoms with van der Waals surface area (Å²) in [6.45, 7) is 3.04. The van der Waals surface area contributed by atoms with Crippen LogP contribution in [0.15, 0.2) is 16.5 Å². The van der Waals surface area contributed by atoms with Crippen molar-refractivity contribution in [2.45, 2.75) is 19.8 Å². The van der Waals surface area contributed by atoms with E-state index in [1.54, 1.807) is 13.3 Å². The number of carbonyl (C=O) groups is 2. The number of ether oxygens (including phenoxy) is 1. The van der Waals surface area contributed by atoms with Gasteiger partial charge in [-0.1, -0.05) is 0 Å². The van der Waals surface area contributed by atoms with Crippen molar-refractivity contribution in [3.05, 3.63) is 21.9 Å². The number of hydrazone groups is 1. The summed E-state index contributed by atoms with van der Waals surface area (Å²) in [5, 5.41) is 8.41. The van der Waals surface area contributed by atoms with Gasteiger partial charge in [-0.25, -0.2) is 5.43 Å². The maximum Gasteiger partial charge on any atom is 0.249 e. The zero-order valence-corrected chi connectivity index (χ0v) is 12.5. The third kappa shape index (κ3) is 6.44. The Bertz CT molecular complexity index is 471. The molecule has 6 nitrogen and oxygen atoms in total. The smallest absolute Gasteiger partial charge is 0.249 e. The van der Waals surface area contributed by atoms with Crippen LogP contribution >= 0.6 is 11.3 Å². The second-order valence-corrected chi connectivity index (χ2v) is 5.08. The molecule has 0 fully saturated rings. The third-order valence-electron chi connectivity index (χ3n) is 2.44. The number of aryl methyl sites for hydroxylation is 1. The summed E-state index contributed by atoms with van der Waals surface area (Å²) < 4.78 is 4.85. The normalized spacial score (nSPS) is 10.7. The molecular weight excluding hydrogens is 278 g/mol. The monoisotopic (exact) mass is 297 g/mol. The molecule has 110 valence electrons. The van der Waals surface area contributed by atoms with Crippen molar-refractivity contribution in [1.29, 1.82) is 0 Å². The Morgan fingerprint density at radius 1 is 1.45 bits per heavy atom. The molecule has 0 aliphatic carbocycles. The average Bonchev–Trinajstić information content (AvgIpc) is 2.80. The highest BCUT2D eigenvalue weighted by molar-refractivity contribution is 7.11. The third-order valence-corrected chi connectivity index (χ3v) is 3.39. The lowest BCUT2D eigenvalue weighted by Gasteiger charge is -2.03. The predicted octanol–water partition coefficient (Wildman–Crippen LogP) is 1.05. The average molecular weight is 297 g/mol. The van der Waals surface area contributed by atoms with E-state index in [1.165, 1.54) is 11.3 Å². The molecule has 7 heteroatoms. The molecule has 0 saturated carbocycles. The van der Waals surface area contributed by atoms with Crippen LogP contribution in [0.3, 0.4) is 0 Å². The second-order valence-electron chi connectivity index (χ2n) is 4.13. The highest BCUT2D eigenvalue weighted by Gasteiger charge is 2.07. The van der Waals surface area contributed by atoms with Crippen LogP contribution in [0.1, 0.15) is 23.3 Å². The molecular formula is C13H19N3O3S. The first-order valence-corrected chi connectivity index (χ1v) is 7.13. The molecule has 2 amide bonds. The van der Waals surface area contributed by atoms with Gasteiger partial charge in [0.05, 0.1) is 6.21 Å². The van der Waals surface area contributed by atoms with Crippen LogP contribution in [-0.4, -0.2) is 38.3 Å². The van der Waals surface area contributed by atoms with Crippen LogP contribution in [0.25, 0.3) is 0 Å². The summed E-state index contributed by atoms with van der Waals surface area (Å²) in [5.41, 5.74) is 3.43. The van der Waals surface area contributed by atoms with E-state index in [0.29, 0.717) is 13.2 Å². The van der Waals surface area contributed by atoms with E-state index in [0.717, 1.165) is 16.9 Å². The van der Waals surface area contributed by atoms with Gasteiger partial charge in [-0.15, -0.1) is 11.3 Å². The molecule has 1 aromatic rings. The molecule has 0 atom stereocenters. The lowest BCUT2D eigenvalue weighted by atomic mass is 10.3. The number of hydrogen-bond acceptors (Lipinski definition) is 5. The molecule has 2 N–H and O–H groups in total. The maximum atomic E-state index is 11.4. The molecule has 20 heavy (non-hydrogen) atoms. The number of nitrogens with one attached hydrogen (secondary N) is 2. The van der Waals surface area contributed by atoms with E-state index in [9.17, 15) is 9.59 Å². The lowest BCUT2D eigenvalue weighted by molar-refractivity contribution is -0.129. The van der Waals surface area contributed by atoms with Gasteiger partial charge in [-0.05, 0) is 30.4 Å². The van der Waals surface area contributed by atoms with Gasteiger partial charge in [-0.3, -0.25) is 9.59 Å². The zero-order chi connectivity index (χ0) is 14.8. The quantitative estimate of drug-likeness (QED) is 0.326. The van der Waals surface area contributed by atoms with E-state index in [4.69, 9.17) is 4.74 Å². The van der Waals surface area contributed by atoms with Crippen molar-refractivity contribution >= 4 is 29.4 Å². The van der Waals surface area contributed by atoms with Crippen molar-refractivity contribution in [1.82, 2.24) is 10.7 Å². The number of rotatable bonds is 8. The van der Waals surface area contributed by atoms with Gasteiger partial charge < -0.3 is 10.1 Å². The summed E-state index contributed by atoms with van der Waals surface area (Å²) in [7, 11) is 1.60. The first-order chi connectivity index (χ1) is 9.63. The Kier molecular flexibility index (Phi) is 7.52. The van der Waals surface area contributed by atoms with Crippen molar-refractivity contribution < 1.29 is 14.3 Å². The molecule has 0 spiro atoms. The van der Waals surface area contributed by atoms with E-state index in [2.05, 4.69) is 15.8 Å². The first-order valence-electron chi connectivity index (χ1n) is 6.25. The van der Waals surface area contributed by atoms with Gasteiger partial charge in [0, 0.05) is 25.1 Å². The van der Waals surface area contributed by atoms with Crippen LogP contribution in [0, 0.1) is 6.92 Å². The summed E-state index contributed by atoms with van der Waals surface area (Å²) >= 11 is 1.54. The fourth-order valence-corrected chi connectivity index (χ4v) is 2.16. The van der Waals surface area contributed by atoms with Gasteiger partial charge in [-0.2, -0.15) is 5.10 Å². The first kappa shape index (κ1) is 16.3. The number of nitrogens with zero attached hydrogens (tertiary/aromatic N) is 1. The van der Waals surface area contributed by atoms with Gasteiger partial charge in [0.1, 0.15) is 6.42 Å². The van der Waals surface area contributed by atoms with E-state index in [1.807, 2.05) is 18.4 Å². The minimum Gasteiger partial charge on any atom is -0.385 e. The van der Waals surface area contributed by atoms with Crippen LogP contribution in [0.2, 0.25) is 0 Å². The highest BCUT2D eigenvalue weighted by atomic mass is 32.1. The zero-order valence-electron chi connectivity index (χ0n) is 11.6. The molecule has 1 aromatic heterocycles. The van der Waals surface area contributed by atoms with E-state index < -0.39 is 5.91 Å². The summed E-state index contributed by atoms with van der Waals surface area (Å²) in [4.78, 5) is 23.8. The number of carbonyl (C=O) groups excluding carboxylic acids is 2. The van der Waals surface area contributed by atoms with Crippen LogP contribution in [-0.2, 0) is 14.3 Å². The van der Waals surface area contributed by atoms with Gasteiger partial charge in [0.15, 0.2) is 0 Å². The molecule has 1 heterocycles. The molecule has 0 unspecified atom stereocenters. The van der Waals surface area contributed by atoms with Gasteiger partial charge >= 0.3 is 0 Å². The van der Waals surface area contributed by atoms with Gasteiger partial charge in [0.25, 0.3) is 0 Å². The topological polar surface area (TPSA) is 79.8 Å². The van der Waals surface area contributed by atoms with E-state index in [-0.39, 0.29) is 12.3 Å². The Morgan fingerprint density at radius 3 is 2.90 bits per heavy atom. The van der Waals surface area contributed by atoms with Crippen molar-refractivity contribution in [3.8, 4) is 0 Å². The molecule has 0 aliphatic rings. The molecule has 0 aliphatic heterocycles. The maximum absolute atomic E-state index is 11.4. The van der Waals surface area contributed by atoms with Gasteiger partial charge in [0.2, 0.25) is 11.8 Å². The Hall–Kier alpha value is -1.73. The SMILES string of the molecule is COCCCNC(=O)CC(=O)N/N=C\c1sccc1C. The Balaban J connectivity index is 2.21. The molecule has 0 saturated heterocycles. The minimum absolute atomic E-state index is 0.228. The number of methoxy groups -OCH3 is 1. The molecule has 0 aromatic carbocycles. The Labute approximate surface area is 122 Å². The molecule has 0 bridgehead atoms. The van der Waals surface area contributed by atoms with E-state index >= 15 is 0 Å². The second kappa shape index (κ2) is 9.22. The number of hydrogen-bond donors (Lipinski definition) is 2. The lowest BCUT2D eigenvalue weighted by Crippen LogP contribution is -2.30. The van der Waals surface area contributed by atoms with Crippen LogP contribution in [0.5, 0.6) is 0 Å². The predicted molar refractivity (Wildman–Crippen MR) is 78.9 cm³/mol. The van der Waals surface area contributed by atoms with Crippen molar-refractivity contribution in [2.75, 3.05) is 20.3 Å². The largest absolute Gasteiger partial charge is 0.385 e. The minimum atomic E-state index is -0.431. The fraction of sp³-hybridized carbons (Fsp3) is 0.462. The summed E-state index contributed by atoms with van der Waals surface area (Å²) in [5.74, 6) is -0.749. The van der Waals surface area contributed by atoms with Crippen molar-refractivity contribution in [2.24, 2.45) is 5.10 Å². The number of thiophene rings is 1. The summed E-state index contributed by atoms with van der Waals surface area (Å²) in [6, 6.07) is 1.97.